The number of phenols is 1. The summed E-state index contributed by atoms with van der Waals surface area (Å²) in [5, 5.41) is 12.7. The number of carbonyl (C=O) groups is 1. The maximum atomic E-state index is 13.0. The zero-order chi connectivity index (χ0) is 19.4. The normalized spacial score (nSPS) is 10.5. The number of hydrogen-bond acceptors (Lipinski definition) is 4. The lowest BCUT2D eigenvalue weighted by Crippen LogP contribution is -2.23. The Hall–Kier alpha value is -3.41. The molecule has 0 radical (unpaired) electrons. The quantitative estimate of drug-likeness (QED) is 0.708. The first kappa shape index (κ1) is 18.4. The first-order chi connectivity index (χ1) is 12.9. The molecule has 0 aliphatic rings. The number of aryl methyl sites for hydroxylation is 2. The SMILES string of the molecule is Cc1cc(CNC(=O)c2cccnc2Oc2ccc(F)cc2)cc(C)c1O. The third-order valence-electron chi connectivity index (χ3n) is 4.05. The second-order valence-electron chi connectivity index (χ2n) is 6.17. The molecule has 138 valence electrons. The van der Waals surface area contributed by atoms with Crippen molar-refractivity contribution in [1.82, 2.24) is 10.3 Å². The highest BCUT2D eigenvalue weighted by Gasteiger charge is 2.14. The van der Waals surface area contributed by atoms with Crippen LogP contribution in [0.1, 0.15) is 27.0 Å². The van der Waals surface area contributed by atoms with Crippen molar-refractivity contribution in [2.75, 3.05) is 0 Å². The van der Waals surface area contributed by atoms with Crippen LogP contribution in [-0.4, -0.2) is 16.0 Å². The van der Waals surface area contributed by atoms with Gasteiger partial charge >= 0.3 is 0 Å². The minimum atomic E-state index is -0.374. The second kappa shape index (κ2) is 7.86. The summed E-state index contributed by atoms with van der Waals surface area (Å²) in [4.78, 5) is 16.7. The van der Waals surface area contributed by atoms with Crippen LogP contribution < -0.4 is 10.1 Å². The highest BCUT2D eigenvalue weighted by atomic mass is 19.1. The molecule has 0 spiro atoms. The van der Waals surface area contributed by atoms with Gasteiger partial charge in [-0.15, -0.1) is 0 Å². The Morgan fingerprint density at radius 1 is 1.15 bits per heavy atom. The average molecular weight is 366 g/mol. The fourth-order valence-electron chi connectivity index (χ4n) is 2.68. The topological polar surface area (TPSA) is 71.5 Å². The summed E-state index contributed by atoms with van der Waals surface area (Å²) in [6.45, 7) is 3.92. The summed E-state index contributed by atoms with van der Waals surface area (Å²) in [7, 11) is 0. The number of pyridine rings is 1. The van der Waals surface area contributed by atoms with Gasteiger partial charge in [0.15, 0.2) is 0 Å². The number of aromatic nitrogens is 1. The molecule has 27 heavy (non-hydrogen) atoms. The van der Waals surface area contributed by atoms with E-state index in [1.165, 1.54) is 30.5 Å². The average Bonchev–Trinajstić information content (AvgIpc) is 2.66. The van der Waals surface area contributed by atoms with E-state index in [1.807, 2.05) is 26.0 Å². The number of benzene rings is 2. The van der Waals surface area contributed by atoms with Crippen LogP contribution in [0.25, 0.3) is 0 Å². The number of hydrogen-bond donors (Lipinski definition) is 2. The maximum absolute atomic E-state index is 13.0. The molecule has 0 saturated carbocycles. The molecule has 5 nitrogen and oxygen atoms in total. The van der Waals surface area contributed by atoms with Crippen LogP contribution in [0.15, 0.2) is 54.7 Å². The second-order valence-corrected chi connectivity index (χ2v) is 6.17. The van der Waals surface area contributed by atoms with Gasteiger partial charge < -0.3 is 15.2 Å². The van der Waals surface area contributed by atoms with Crippen molar-refractivity contribution in [3.8, 4) is 17.4 Å². The zero-order valence-electron chi connectivity index (χ0n) is 15.0. The molecule has 0 bridgehead atoms. The third-order valence-corrected chi connectivity index (χ3v) is 4.05. The standard InChI is InChI=1S/C21H19FN2O3/c1-13-10-15(11-14(2)19(13)25)12-24-20(26)18-4-3-9-23-21(18)27-17-7-5-16(22)6-8-17/h3-11,25H,12H2,1-2H3,(H,24,26). The van der Waals surface area contributed by atoms with Gasteiger partial charge in [0.1, 0.15) is 22.9 Å². The Morgan fingerprint density at radius 2 is 1.81 bits per heavy atom. The number of nitrogens with zero attached hydrogens (tertiary/aromatic N) is 1. The van der Waals surface area contributed by atoms with E-state index < -0.39 is 0 Å². The molecule has 0 unspecified atom stereocenters. The maximum Gasteiger partial charge on any atom is 0.257 e. The van der Waals surface area contributed by atoms with E-state index >= 15 is 0 Å². The van der Waals surface area contributed by atoms with Gasteiger partial charge in [-0.25, -0.2) is 9.37 Å². The lowest BCUT2D eigenvalue weighted by atomic mass is 10.1. The first-order valence-electron chi connectivity index (χ1n) is 8.40. The summed E-state index contributed by atoms with van der Waals surface area (Å²) >= 11 is 0. The number of ether oxygens (including phenoxy) is 1. The number of nitrogens with one attached hydrogen (secondary N) is 1. The van der Waals surface area contributed by atoms with Crippen LogP contribution in [0, 0.1) is 19.7 Å². The lowest BCUT2D eigenvalue weighted by Gasteiger charge is -2.12. The molecule has 2 aromatic carbocycles. The van der Waals surface area contributed by atoms with Crippen molar-refractivity contribution in [3.63, 3.8) is 0 Å². The van der Waals surface area contributed by atoms with Gasteiger partial charge in [-0.1, -0.05) is 12.1 Å². The van der Waals surface area contributed by atoms with Gasteiger partial charge in [0, 0.05) is 12.7 Å². The molecule has 0 saturated heterocycles. The molecule has 0 fully saturated rings. The molecule has 2 N–H and O–H groups in total. The smallest absolute Gasteiger partial charge is 0.257 e. The molecular formula is C21H19FN2O3. The molecule has 0 aliphatic carbocycles. The predicted molar refractivity (Wildman–Crippen MR) is 99.5 cm³/mol. The van der Waals surface area contributed by atoms with E-state index in [9.17, 15) is 14.3 Å². The molecule has 3 rings (SSSR count). The fourth-order valence-corrected chi connectivity index (χ4v) is 2.68. The van der Waals surface area contributed by atoms with Crippen molar-refractivity contribution in [1.29, 1.82) is 0 Å². The minimum absolute atomic E-state index is 0.139. The van der Waals surface area contributed by atoms with Crippen LogP contribution in [0.4, 0.5) is 4.39 Å². The van der Waals surface area contributed by atoms with Gasteiger partial charge in [0.2, 0.25) is 5.88 Å². The van der Waals surface area contributed by atoms with Gasteiger partial charge in [0.25, 0.3) is 5.91 Å². The Labute approximate surface area is 156 Å². The van der Waals surface area contributed by atoms with Crippen molar-refractivity contribution < 1.29 is 19.0 Å². The van der Waals surface area contributed by atoms with Gasteiger partial charge in [-0.05, 0) is 66.9 Å². The molecule has 1 aromatic heterocycles. The molecule has 0 atom stereocenters. The number of aromatic hydroxyl groups is 1. The van der Waals surface area contributed by atoms with Crippen LogP contribution in [-0.2, 0) is 6.54 Å². The summed E-state index contributed by atoms with van der Waals surface area (Å²) in [6.07, 6.45) is 1.52. The molecule has 3 aromatic rings. The van der Waals surface area contributed by atoms with Crippen LogP contribution >= 0.6 is 0 Å². The van der Waals surface area contributed by atoms with Gasteiger partial charge in [0.05, 0.1) is 0 Å². The first-order valence-corrected chi connectivity index (χ1v) is 8.40. The van der Waals surface area contributed by atoms with Crippen molar-refractivity contribution >= 4 is 5.91 Å². The number of carbonyl (C=O) groups excluding carboxylic acids is 1. The molecule has 6 heteroatoms. The van der Waals surface area contributed by atoms with E-state index in [0.29, 0.717) is 12.3 Å². The zero-order valence-corrected chi connectivity index (χ0v) is 15.0. The Kier molecular flexibility index (Phi) is 5.35. The van der Waals surface area contributed by atoms with E-state index in [4.69, 9.17) is 4.74 Å². The van der Waals surface area contributed by atoms with Gasteiger partial charge in [-0.3, -0.25) is 4.79 Å². The Balaban J connectivity index is 1.74. The van der Waals surface area contributed by atoms with Gasteiger partial charge in [-0.2, -0.15) is 0 Å². The number of rotatable bonds is 5. The fraction of sp³-hybridized carbons (Fsp3) is 0.143. The monoisotopic (exact) mass is 366 g/mol. The summed E-state index contributed by atoms with van der Waals surface area (Å²) in [5.41, 5.74) is 2.65. The Morgan fingerprint density at radius 3 is 2.48 bits per heavy atom. The third kappa shape index (κ3) is 4.41. The summed E-state index contributed by atoms with van der Waals surface area (Å²) in [6, 6.07) is 12.4. The van der Waals surface area contributed by atoms with Crippen molar-refractivity contribution in [3.05, 3.63) is 82.8 Å². The highest BCUT2D eigenvalue weighted by molar-refractivity contribution is 5.96. The number of phenolic OH excluding ortho intramolecular Hbond substituents is 1. The minimum Gasteiger partial charge on any atom is -0.507 e. The molecule has 1 heterocycles. The Bertz CT molecular complexity index is 948. The number of halogens is 1. The highest BCUT2D eigenvalue weighted by Crippen LogP contribution is 2.24. The van der Waals surface area contributed by atoms with Crippen LogP contribution in [0.5, 0.6) is 17.4 Å². The lowest BCUT2D eigenvalue weighted by molar-refractivity contribution is 0.0948. The summed E-state index contributed by atoms with van der Waals surface area (Å²) in [5.74, 6) is 0.0605. The molecular weight excluding hydrogens is 347 g/mol. The van der Waals surface area contributed by atoms with E-state index in [2.05, 4.69) is 10.3 Å². The molecule has 1 amide bonds. The van der Waals surface area contributed by atoms with E-state index in [1.54, 1.807) is 12.1 Å². The van der Waals surface area contributed by atoms with Crippen LogP contribution in [0.2, 0.25) is 0 Å². The van der Waals surface area contributed by atoms with E-state index in [0.717, 1.165) is 16.7 Å². The molecule has 0 aliphatic heterocycles. The van der Waals surface area contributed by atoms with Crippen molar-refractivity contribution in [2.24, 2.45) is 0 Å². The number of amides is 1. The van der Waals surface area contributed by atoms with Crippen LogP contribution in [0.3, 0.4) is 0 Å². The largest absolute Gasteiger partial charge is 0.507 e. The van der Waals surface area contributed by atoms with Crippen molar-refractivity contribution in [2.45, 2.75) is 20.4 Å². The van der Waals surface area contributed by atoms with E-state index in [-0.39, 0.29) is 28.9 Å². The predicted octanol–water partition coefficient (Wildman–Crippen LogP) is 4.27. The summed E-state index contributed by atoms with van der Waals surface area (Å²) < 4.78 is 18.6.